The Labute approximate surface area is 228 Å². The highest BCUT2D eigenvalue weighted by molar-refractivity contribution is 5.84. The minimum atomic E-state index is -4.99. The second-order valence-corrected chi connectivity index (χ2v) is 11.5. The molecule has 2 aromatic carbocycles. The zero-order chi connectivity index (χ0) is 29.5. The minimum absolute atomic E-state index is 0.0169. The Morgan fingerprint density at radius 3 is 2.00 bits per heavy atom. The van der Waals surface area contributed by atoms with Crippen molar-refractivity contribution in [3.8, 4) is 0 Å². The van der Waals surface area contributed by atoms with Gasteiger partial charge in [0.2, 0.25) is 5.91 Å². The Morgan fingerprint density at radius 2 is 1.50 bits per heavy atom. The number of hydrogen-bond acceptors (Lipinski definition) is 3. The lowest BCUT2D eigenvalue weighted by atomic mass is 9.71. The van der Waals surface area contributed by atoms with Crippen LogP contribution in [0.4, 0.5) is 30.7 Å². The van der Waals surface area contributed by atoms with E-state index in [4.69, 9.17) is 0 Å². The van der Waals surface area contributed by atoms with Crippen molar-refractivity contribution in [2.75, 3.05) is 13.1 Å². The molecule has 1 heterocycles. The van der Waals surface area contributed by atoms with Crippen LogP contribution in [-0.4, -0.2) is 40.6 Å². The molecule has 0 spiro atoms. The van der Waals surface area contributed by atoms with Gasteiger partial charge in [0.15, 0.2) is 0 Å². The van der Waals surface area contributed by atoms with Crippen molar-refractivity contribution in [1.82, 2.24) is 10.2 Å². The molecule has 40 heavy (non-hydrogen) atoms. The molecule has 1 aliphatic carbocycles. The van der Waals surface area contributed by atoms with E-state index >= 15 is 0 Å². The fraction of sp³-hybridized carbons (Fsp3) is 0.552. The third-order valence-corrected chi connectivity index (χ3v) is 8.58. The molecule has 2 aromatic rings. The lowest BCUT2D eigenvalue weighted by Crippen LogP contribution is -2.53. The summed E-state index contributed by atoms with van der Waals surface area (Å²) in [7, 11) is 0. The van der Waals surface area contributed by atoms with Gasteiger partial charge in [0.05, 0.1) is 22.1 Å². The Bertz CT molecular complexity index is 1160. The van der Waals surface area contributed by atoms with Gasteiger partial charge >= 0.3 is 12.4 Å². The summed E-state index contributed by atoms with van der Waals surface area (Å²) in [6.45, 7) is 3.96. The number of carbonyl (C=O) groups is 1. The monoisotopic (exact) mass is 574 g/mol. The molecule has 4 rings (SSSR count). The molecule has 220 valence electrons. The van der Waals surface area contributed by atoms with Crippen molar-refractivity contribution in [1.29, 1.82) is 0 Å². The van der Waals surface area contributed by atoms with E-state index in [0.717, 1.165) is 31.5 Å². The van der Waals surface area contributed by atoms with Crippen LogP contribution in [0.25, 0.3) is 0 Å². The lowest BCUT2D eigenvalue weighted by Gasteiger charge is -2.41. The van der Waals surface area contributed by atoms with Gasteiger partial charge in [-0.2, -0.15) is 26.3 Å². The number of likely N-dealkylation sites (tertiary alicyclic amines) is 1. The van der Waals surface area contributed by atoms with Gasteiger partial charge in [-0.3, -0.25) is 4.79 Å². The standard InChI is InChI=1S/C29H33F7N2O2/c1-26(2,40)27(25(39)37-17-18-13-21(28(31,32)33)15-22(14-18)29(34,35)36)10-7-24(16-27)38-11-8-20(9-12-38)19-3-5-23(30)6-4-19/h3-6,13-15,20,24,40H,7-12,16-17H2,1-2H3,(H,37,39)/t24?,27-/m1/s1. The highest BCUT2D eigenvalue weighted by Gasteiger charge is 2.55. The van der Waals surface area contributed by atoms with E-state index in [9.17, 15) is 40.6 Å². The SMILES string of the molecule is CC(C)(O)[C@]1(C(=O)NCc2cc(C(F)(F)F)cc(C(F)(F)F)c2)CCC(N2CCC(c3ccc(F)cc3)CC2)C1. The second kappa shape index (κ2) is 11.0. The molecular formula is C29H33F7N2O2. The van der Waals surface area contributed by atoms with Crippen LogP contribution in [0.1, 0.15) is 74.1 Å². The molecule has 2 N–H and O–H groups in total. The molecule has 4 nitrogen and oxygen atoms in total. The quantitative estimate of drug-likeness (QED) is 0.379. The van der Waals surface area contributed by atoms with Crippen molar-refractivity contribution >= 4 is 5.91 Å². The van der Waals surface area contributed by atoms with Crippen LogP contribution < -0.4 is 5.32 Å². The van der Waals surface area contributed by atoms with Crippen molar-refractivity contribution in [3.05, 3.63) is 70.5 Å². The zero-order valence-corrected chi connectivity index (χ0v) is 22.3. The minimum Gasteiger partial charge on any atom is -0.389 e. The fourth-order valence-electron chi connectivity index (χ4n) is 6.18. The molecule has 1 aliphatic heterocycles. The average molecular weight is 575 g/mol. The van der Waals surface area contributed by atoms with E-state index in [1.165, 1.54) is 26.0 Å². The molecule has 2 fully saturated rings. The van der Waals surface area contributed by atoms with E-state index < -0.39 is 46.9 Å². The maximum atomic E-state index is 13.5. The highest BCUT2D eigenvalue weighted by Crippen LogP contribution is 2.49. The summed E-state index contributed by atoms with van der Waals surface area (Å²) in [6.07, 6.45) is -7.04. The van der Waals surface area contributed by atoms with Crippen molar-refractivity contribution < 1.29 is 40.6 Å². The average Bonchev–Trinajstić information content (AvgIpc) is 3.34. The van der Waals surface area contributed by atoms with Gasteiger partial charge < -0.3 is 15.3 Å². The molecule has 1 saturated carbocycles. The molecule has 0 aromatic heterocycles. The molecule has 2 aliphatic rings. The van der Waals surface area contributed by atoms with Gasteiger partial charge in [-0.05, 0) is 106 Å². The molecule has 0 radical (unpaired) electrons. The zero-order valence-electron chi connectivity index (χ0n) is 22.3. The fourth-order valence-corrected chi connectivity index (χ4v) is 6.18. The first-order valence-electron chi connectivity index (χ1n) is 13.3. The number of benzene rings is 2. The van der Waals surface area contributed by atoms with Gasteiger partial charge in [-0.1, -0.05) is 12.1 Å². The first-order chi connectivity index (χ1) is 18.5. The molecule has 1 amide bonds. The summed E-state index contributed by atoms with van der Waals surface area (Å²) in [4.78, 5) is 15.7. The van der Waals surface area contributed by atoms with Gasteiger partial charge in [0.1, 0.15) is 5.82 Å². The number of halogens is 7. The van der Waals surface area contributed by atoms with Crippen LogP contribution in [0.2, 0.25) is 0 Å². The van der Waals surface area contributed by atoms with E-state index in [1.54, 1.807) is 12.1 Å². The van der Waals surface area contributed by atoms with E-state index in [1.807, 2.05) is 0 Å². The van der Waals surface area contributed by atoms with Crippen molar-refractivity contribution in [2.45, 2.75) is 82.4 Å². The first kappa shape index (κ1) is 30.3. The number of carbonyl (C=O) groups excluding carboxylic acids is 1. The molecule has 11 heteroatoms. The molecule has 1 unspecified atom stereocenters. The number of alkyl halides is 6. The Balaban J connectivity index is 1.45. The Morgan fingerprint density at radius 1 is 0.950 bits per heavy atom. The van der Waals surface area contributed by atoms with E-state index in [2.05, 4.69) is 10.2 Å². The predicted molar refractivity (Wildman–Crippen MR) is 135 cm³/mol. The molecule has 2 atom stereocenters. The number of nitrogens with one attached hydrogen (secondary N) is 1. The van der Waals surface area contributed by atoms with E-state index in [0.29, 0.717) is 31.4 Å². The number of amides is 1. The number of piperidine rings is 1. The number of aliphatic hydroxyl groups is 1. The maximum absolute atomic E-state index is 13.5. The third-order valence-electron chi connectivity index (χ3n) is 8.58. The van der Waals surface area contributed by atoms with Crippen LogP contribution in [0.3, 0.4) is 0 Å². The lowest BCUT2D eigenvalue weighted by molar-refractivity contribution is -0.147. The summed E-state index contributed by atoms with van der Waals surface area (Å²) in [5, 5.41) is 13.6. The summed E-state index contributed by atoms with van der Waals surface area (Å²) in [6, 6.07) is 7.68. The predicted octanol–water partition coefficient (Wildman–Crippen LogP) is 6.67. The summed E-state index contributed by atoms with van der Waals surface area (Å²) < 4.78 is 92.8. The van der Waals surface area contributed by atoms with Crippen LogP contribution in [0.15, 0.2) is 42.5 Å². The third kappa shape index (κ3) is 6.46. The highest BCUT2D eigenvalue weighted by atomic mass is 19.4. The summed E-state index contributed by atoms with van der Waals surface area (Å²) in [5.74, 6) is -0.605. The number of nitrogens with zero attached hydrogens (tertiary/aromatic N) is 1. The molecular weight excluding hydrogens is 541 g/mol. The smallest absolute Gasteiger partial charge is 0.389 e. The van der Waals surface area contributed by atoms with Gasteiger partial charge in [-0.15, -0.1) is 0 Å². The molecule has 1 saturated heterocycles. The van der Waals surface area contributed by atoms with Crippen LogP contribution >= 0.6 is 0 Å². The van der Waals surface area contributed by atoms with E-state index in [-0.39, 0.29) is 29.4 Å². The van der Waals surface area contributed by atoms with Crippen molar-refractivity contribution in [3.63, 3.8) is 0 Å². The first-order valence-corrected chi connectivity index (χ1v) is 13.3. The topological polar surface area (TPSA) is 52.6 Å². The number of rotatable bonds is 6. The van der Waals surface area contributed by atoms with Gasteiger partial charge in [0, 0.05) is 12.6 Å². The van der Waals surface area contributed by atoms with Gasteiger partial charge in [-0.25, -0.2) is 4.39 Å². The summed E-state index contributed by atoms with van der Waals surface area (Å²) >= 11 is 0. The Hall–Kier alpha value is -2.66. The second-order valence-electron chi connectivity index (χ2n) is 11.5. The largest absolute Gasteiger partial charge is 0.416 e. The van der Waals surface area contributed by atoms with Crippen LogP contribution in [0.5, 0.6) is 0 Å². The molecule has 0 bridgehead atoms. The number of hydrogen-bond donors (Lipinski definition) is 2. The van der Waals surface area contributed by atoms with Gasteiger partial charge in [0.25, 0.3) is 0 Å². The summed E-state index contributed by atoms with van der Waals surface area (Å²) in [5.41, 5.74) is -4.91. The van der Waals surface area contributed by atoms with Crippen LogP contribution in [-0.2, 0) is 23.7 Å². The maximum Gasteiger partial charge on any atom is 0.416 e. The van der Waals surface area contributed by atoms with Crippen LogP contribution in [0, 0.1) is 11.2 Å². The normalized spacial score (nSPS) is 23.4. The Kier molecular flexibility index (Phi) is 8.31. The van der Waals surface area contributed by atoms with Crippen molar-refractivity contribution in [2.24, 2.45) is 5.41 Å².